The van der Waals surface area contributed by atoms with Crippen molar-refractivity contribution in [2.24, 2.45) is 0 Å². The molecule has 0 saturated carbocycles. The second-order valence-corrected chi connectivity index (χ2v) is 7.14. The van der Waals surface area contributed by atoms with Crippen molar-refractivity contribution < 1.29 is 19.1 Å². The zero-order valence-corrected chi connectivity index (χ0v) is 16.5. The van der Waals surface area contributed by atoms with Crippen LogP contribution in [-0.2, 0) is 19.1 Å². The molecule has 6 heteroatoms. The van der Waals surface area contributed by atoms with Gasteiger partial charge in [0.05, 0.1) is 12.2 Å². The van der Waals surface area contributed by atoms with Crippen molar-refractivity contribution in [1.82, 2.24) is 10.6 Å². The summed E-state index contributed by atoms with van der Waals surface area (Å²) in [5.74, 6) is -0.476. The SMILES string of the molecule is CC(C)N[C@H](C)C(=O)OC(C)CCC(C)N[C@@H](C)C(=O)OC(C)C. The predicted molar refractivity (Wildman–Crippen MR) is 95.8 cm³/mol. The van der Waals surface area contributed by atoms with Crippen molar-refractivity contribution in [3.63, 3.8) is 0 Å². The summed E-state index contributed by atoms with van der Waals surface area (Å²) in [4.78, 5) is 23.7. The molecule has 0 aliphatic heterocycles. The van der Waals surface area contributed by atoms with E-state index in [1.165, 1.54) is 0 Å². The lowest BCUT2D eigenvalue weighted by molar-refractivity contribution is -0.151. The molecular formula is C18H36N2O4. The van der Waals surface area contributed by atoms with Crippen LogP contribution in [0.2, 0.25) is 0 Å². The quantitative estimate of drug-likeness (QED) is 0.561. The van der Waals surface area contributed by atoms with Crippen LogP contribution < -0.4 is 10.6 Å². The van der Waals surface area contributed by atoms with E-state index in [9.17, 15) is 9.59 Å². The fourth-order valence-corrected chi connectivity index (χ4v) is 2.32. The van der Waals surface area contributed by atoms with E-state index in [4.69, 9.17) is 9.47 Å². The molecule has 0 aliphatic rings. The maximum atomic E-state index is 11.9. The Balaban J connectivity index is 4.10. The van der Waals surface area contributed by atoms with Gasteiger partial charge in [-0.05, 0) is 54.4 Å². The van der Waals surface area contributed by atoms with Crippen molar-refractivity contribution in [3.05, 3.63) is 0 Å². The Bertz CT molecular complexity index is 385. The minimum absolute atomic E-state index is 0.113. The second-order valence-electron chi connectivity index (χ2n) is 7.14. The topological polar surface area (TPSA) is 76.7 Å². The molecule has 0 aromatic carbocycles. The highest BCUT2D eigenvalue weighted by atomic mass is 16.5. The summed E-state index contributed by atoms with van der Waals surface area (Å²) in [5.41, 5.74) is 0. The Kier molecular flexibility index (Phi) is 10.9. The molecule has 6 nitrogen and oxygen atoms in total. The summed E-state index contributed by atoms with van der Waals surface area (Å²) in [6.45, 7) is 15.2. The standard InChI is InChI=1S/C18H36N2O4/c1-11(2)19-15(7)18(22)24-14(6)10-9-13(5)20-16(8)17(21)23-12(3)4/h11-16,19-20H,9-10H2,1-8H3/t13?,14?,15-,16+/m1/s1. The van der Waals surface area contributed by atoms with Gasteiger partial charge in [-0.25, -0.2) is 0 Å². The van der Waals surface area contributed by atoms with Gasteiger partial charge in [-0.3, -0.25) is 9.59 Å². The van der Waals surface area contributed by atoms with E-state index < -0.39 is 0 Å². The van der Waals surface area contributed by atoms with E-state index >= 15 is 0 Å². The predicted octanol–water partition coefficient (Wildman–Crippen LogP) is 2.40. The van der Waals surface area contributed by atoms with E-state index in [0.717, 1.165) is 12.8 Å². The van der Waals surface area contributed by atoms with E-state index in [1.807, 2.05) is 41.5 Å². The summed E-state index contributed by atoms with van der Waals surface area (Å²) in [6.07, 6.45) is 1.27. The van der Waals surface area contributed by atoms with Gasteiger partial charge in [0, 0.05) is 12.1 Å². The van der Waals surface area contributed by atoms with E-state index in [1.54, 1.807) is 13.8 Å². The lowest BCUT2D eigenvalue weighted by Crippen LogP contribution is -2.42. The average Bonchev–Trinajstić information content (AvgIpc) is 2.43. The first kappa shape index (κ1) is 22.9. The normalized spacial score (nSPS) is 16.6. The van der Waals surface area contributed by atoms with Crippen LogP contribution in [0.15, 0.2) is 0 Å². The first-order valence-electron chi connectivity index (χ1n) is 8.96. The fourth-order valence-electron chi connectivity index (χ4n) is 2.32. The van der Waals surface area contributed by atoms with Crippen LogP contribution >= 0.6 is 0 Å². The number of nitrogens with one attached hydrogen (secondary N) is 2. The third kappa shape index (κ3) is 10.6. The Morgan fingerprint density at radius 3 is 1.75 bits per heavy atom. The third-order valence-electron chi connectivity index (χ3n) is 3.50. The van der Waals surface area contributed by atoms with E-state index in [-0.39, 0.29) is 48.3 Å². The van der Waals surface area contributed by atoms with Crippen molar-refractivity contribution in [2.45, 2.75) is 105 Å². The average molecular weight is 344 g/mol. The maximum Gasteiger partial charge on any atom is 0.323 e. The highest BCUT2D eigenvalue weighted by Crippen LogP contribution is 2.08. The first-order valence-corrected chi connectivity index (χ1v) is 8.96. The molecule has 0 radical (unpaired) electrons. The van der Waals surface area contributed by atoms with Crippen LogP contribution in [0.1, 0.15) is 68.2 Å². The molecule has 0 heterocycles. The van der Waals surface area contributed by atoms with Crippen LogP contribution in [-0.4, -0.2) is 48.3 Å². The maximum absolute atomic E-state index is 11.9. The molecule has 0 aromatic rings. The monoisotopic (exact) mass is 344 g/mol. The number of ether oxygens (including phenoxy) is 2. The van der Waals surface area contributed by atoms with Crippen LogP contribution in [0.4, 0.5) is 0 Å². The lowest BCUT2D eigenvalue weighted by atomic mass is 10.1. The van der Waals surface area contributed by atoms with E-state index in [0.29, 0.717) is 0 Å². The van der Waals surface area contributed by atoms with Crippen molar-refractivity contribution >= 4 is 11.9 Å². The van der Waals surface area contributed by atoms with Gasteiger partial charge in [0.25, 0.3) is 0 Å². The minimum Gasteiger partial charge on any atom is -0.462 e. The summed E-state index contributed by atoms with van der Waals surface area (Å²) in [5, 5.41) is 6.34. The molecule has 2 N–H and O–H groups in total. The molecule has 0 aromatic heterocycles. The van der Waals surface area contributed by atoms with Gasteiger partial charge in [0.2, 0.25) is 0 Å². The van der Waals surface area contributed by atoms with Crippen LogP contribution in [0.25, 0.3) is 0 Å². The molecule has 0 saturated heterocycles. The van der Waals surface area contributed by atoms with Gasteiger partial charge in [-0.15, -0.1) is 0 Å². The van der Waals surface area contributed by atoms with Gasteiger partial charge in [0.15, 0.2) is 0 Å². The van der Waals surface area contributed by atoms with Crippen LogP contribution in [0.3, 0.4) is 0 Å². The molecule has 0 bridgehead atoms. The molecule has 0 rings (SSSR count). The summed E-state index contributed by atoms with van der Waals surface area (Å²) < 4.78 is 10.6. The highest BCUT2D eigenvalue weighted by molar-refractivity contribution is 5.75. The van der Waals surface area contributed by atoms with Gasteiger partial charge in [-0.1, -0.05) is 13.8 Å². The van der Waals surface area contributed by atoms with Crippen molar-refractivity contribution in [3.8, 4) is 0 Å². The Hall–Kier alpha value is -1.14. The van der Waals surface area contributed by atoms with Crippen LogP contribution in [0, 0.1) is 0 Å². The van der Waals surface area contributed by atoms with Gasteiger partial charge < -0.3 is 20.1 Å². The smallest absolute Gasteiger partial charge is 0.323 e. The Labute approximate surface area is 147 Å². The second kappa shape index (κ2) is 11.4. The number of hydrogen-bond donors (Lipinski definition) is 2. The molecule has 0 spiro atoms. The summed E-state index contributed by atoms with van der Waals surface area (Å²) in [7, 11) is 0. The fraction of sp³-hybridized carbons (Fsp3) is 0.889. The van der Waals surface area contributed by atoms with Gasteiger partial charge in [-0.2, -0.15) is 0 Å². The molecule has 24 heavy (non-hydrogen) atoms. The van der Waals surface area contributed by atoms with E-state index in [2.05, 4.69) is 10.6 Å². The van der Waals surface area contributed by atoms with Crippen molar-refractivity contribution in [1.29, 1.82) is 0 Å². The molecule has 0 amide bonds. The van der Waals surface area contributed by atoms with Gasteiger partial charge in [0.1, 0.15) is 12.1 Å². The first-order chi connectivity index (χ1) is 11.0. The number of rotatable bonds is 11. The molecular weight excluding hydrogens is 308 g/mol. The lowest BCUT2D eigenvalue weighted by Gasteiger charge is -2.22. The molecule has 142 valence electrons. The zero-order chi connectivity index (χ0) is 18.9. The summed E-state index contributed by atoms with van der Waals surface area (Å²) >= 11 is 0. The molecule has 4 atom stereocenters. The molecule has 2 unspecified atom stereocenters. The number of carbonyl (C=O) groups excluding carboxylic acids is 2. The van der Waals surface area contributed by atoms with Crippen molar-refractivity contribution in [2.75, 3.05) is 0 Å². The number of hydrogen-bond acceptors (Lipinski definition) is 6. The number of esters is 2. The van der Waals surface area contributed by atoms with Crippen LogP contribution in [0.5, 0.6) is 0 Å². The molecule has 0 aliphatic carbocycles. The highest BCUT2D eigenvalue weighted by Gasteiger charge is 2.20. The number of carbonyl (C=O) groups is 2. The minimum atomic E-state index is -0.351. The Morgan fingerprint density at radius 1 is 0.750 bits per heavy atom. The zero-order valence-electron chi connectivity index (χ0n) is 16.5. The van der Waals surface area contributed by atoms with Gasteiger partial charge >= 0.3 is 11.9 Å². The Morgan fingerprint density at radius 2 is 1.25 bits per heavy atom. The third-order valence-corrected chi connectivity index (χ3v) is 3.50. The molecule has 0 fully saturated rings. The largest absolute Gasteiger partial charge is 0.462 e. The summed E-state index contributed by atoms with van der Waals surface area (Å²) in [6, 6.07) is -0.296.